The average molecular weight is 910 g/mol. The molecule has 0 bridgehead atoms. The van der Waals surface area contributed by atoms with E-state index in [2.05, 4.69) is 256 Å². The summed E-state index contributed by atoms with van der Waals surface area (Å²) in [5, 5.41) is 0. The smallest absolute Gasteiger partial charge is 0.256 e. The van der Waals surface area contributed by atoms with Crippen LogP contribution in [0.3, 0.4) is 0 Å². The zero-order valence-electron chi connectivity index (χ0n) is 40.5. The van der Waals surface area contributed by atoms with Crippen LogP contribution >= 0.6 is 0 Å². The molecule has 0 atom stereocenters. The largest absolute Gasteiger partial charge is 0.458 e. The highest BCUT2D eigenvalue weighted by molar-refractivity contribution is 7.02. The second-order valence-electron chi connectivity index (χ2n) is 20.1. The van der Waals surface area contributed by atoms with E-state index in [9.17, 15) is 0 Å². The quantitative estimate of drug-likeness (QED) is 0.160. The fraction of sp³-hybridized carbons (Fsp3) is 0.0769. The van der Waals surface area contributed by atoms with Crippen molar-refractivity contribution < 1.29 is 4.74 Å². The Morgan fingerprint density at radius 2 is 0.676 bits per heavy atom. The Morgan fingerprint density at radius 3 is 1.15 bits per heavy atom. The van der Waals surface area contributed by atoms with E-state index in [1.807, 2.05) is 0 Å². The Hall–Kier alpha value is -8.47. The van der Waals surface area contributed by atoms with Gasteiger partial charge < -0.3 is 19.4 Å². The Kier molecular flexibility index (Phi) is 9.22. The topological polar surface area (TPSA) is 19.0 Å². The molecule has 0 aromatic heterocycles. The molecule has 0 N–H and O–H groups in total. The van der Waals surface area contributed by atoms with Gasteiger partial charge in [-0.2, -0.15) is 0 Å². The van der Waals surface area contributed by atoms with E-state index in [0.717, 1.165) is 51.1 Å². The van der Waals surface area contributed by atoms with Gasteiger partial charge in [0.05, 0.1) is 0 Å². The fourth-order valence-electron chi connectivity index (χ4n) is 12.0. The second-order valence-corrected chi connectivity index (χ2v) is 20.1. The van der Waals surface area contributed by atoms with E-state index < -0.39 is 0 Å². The number of nitrogens with zero attached hydrogens (tertiary/aromatic N) is 3. The third kappa shape index (κ3) is 6.47. The fourth-order valence-corrected chi connectivity index (χ4v) is 12.0. The summed E-state index contributed by atoms with van der Waals surface area (Å²) in [5.41, 5.74) is 28.7. The third-order valence-electron chi connectivity index (χ3n) is 15.4. The van der Waals surface area contributed by atoms with E-state index in [-0.39, 0.29) is 13.4 Å². The summed E-state index contributed by atoms with van der Waals surface area (Å²) in [6.07, 6.45) is 0. The molecule has 0 spiro atoms. The number of ether oxygens (including phenoxy) is 1. The summed E-state index contributed by atoms with van der Waals surface area (Å²) in [7, 11) is 0. The van der Waals surface area contributed by atoms with Gasteiger partial charge >= 0.3 is 0 Å². The van der Waals surface area contributed by atoms with Crippen LogP contribution in [0.4, 0.5) is 51.2 Å². The number of anilines is 9. The van der Waals surface area contributed by atoms with E-state index >= 15 is 0 Å². The van der Waals surface area contributed by atoms with Gasteiger partial charge in [0.15, 0.2) is 0 Å². The number of rotatable bonds is 5. The first-order chi connectivity index (χ1) is 34.7. The van der Waals surface area contributed by atoms with E-state index in [1.165, 1.54) is 94.5 Å². The minimum atomic E-state index is -0.0887. The molecule has 71 heavy (non-hydrogen) atoms. The van der Waals surface area contributed by atoms with Crippen LogP contribution in [0, 0.1) is 34.6 Å². The van der Waals surface area contributed by atoms with Crippen LogP contribution in [0.15, 0.2) is 206 Å². The first-order valence-corrected chi connectivity index (χ1v) is 24.9. The molecule has 0 saturated carbocycles. The predicted octanol–water partition coefficient (Wildman–Crippen LogP) is 13.1. The van der Waals surface area contributed by atoms with Gasteiger partial charge in [0.2, 0.25) is 0 Å². The van der Waals surface area contributed by atoms with Gasteiger partial charge in [-0.25, -0.2) is 0 Å². The molecule has 6 heteroatoms. The van der Waals surface area contributed by atoms with E-state index in [0.29, 0.717) is 0 Å². The molecule has 0 saturated heterocycles. The normalized spacial score (nSPS) is 13.4. The lowest BCUT2D eigenvalue weighted by Gasteiger charge is -2.45. The van der Waals surface area contributed by atoms with Crippen LogP contribution in [-0.2, 0) is 0 Å². The van der Waals surface area contributed by atoms with Crippen molar-refractivity contribution in [1.82, 2.24) is 0 Å². The maximum atomic E-state index is 7.50. The maximum absolute atomic E-state index is 7.50. The molecule has 0 fully saturated rings. The van der Waals surface area contributed by atoms with Crippen LogP contribution in [0.25, 0.3) is 22.3 Å². The lowest BCUT2D eigenvalue weighted by Crippen LogP contribution is -2.64. The minimum Gasteiger partial charge on any atom is -0.458 e. The number of hydrogen-bond donors (Lipinski definition) is 0. The van der Waals surface area contributed by atoms with Gasteiger partial charge in [0.1, 0.15) is 11.5 Å². The summed E-state index contributed by atoms with van der Waals surface area (Å²) in [6, 6.07) is 77.2. The summed E-state index contributed by atoms with van der Waals surface area (Å²) in [5.74, 6) is 1.78. The molecule has 0 amide bonds. The lowest BCUT2D eigenvalue weighted by atomic mass is 9.30. The van der Waals surface area contributed by atoms with Crippen molar-refractivity contribution in [3.05, 3.63) is 234 Å². The van der Waals surface area contributed by atoms with Crippen LogP contribution in [0.5, 0.6) is 11.5 Å². The van der Waals surface area contributed by atoms with Crippen molar-refractivity contribution in [2.24, 2.45) is 0 Å². The zero-order valence-corrected chi connectivity index (χ0v) is 40.5. The molecule has 0 unspecified atom stereocenters. The van der Waals surface area contributed by atoms with Crippen LogP contribution in [0.2, 0.25) is 0 Å². The highest BCUT2D eigenvalue weighted by Gasteiger charge is 2.48. The molecule has 4 aliphatic heterocycles. The summed E-state index contributed by atoms with van der Waals surface area (Å²) in [4.78, 5) is 7.50. The Balaban J connectivity index is 1.08. The molecule has 4 nitrogen and oxygen atoms in total. The summed E-state index contributed by atoms with van der Waals surface area (Å²) < 4.78 is 7.50. The van der Waals surface area contributed by atoms with Crippen molar-refractivity contribution in [2.75, 3.05) is 14.7 Å². The number of benzene rings is 10. The first-order valence-electron chi connectivity index (χ1n) is 24.9. The van der Waals surface area contributed by atoms with Crippen LogP contribution < -0.4 is 52.2 Å². The number of fused-ring (bicyclic) bond motifs is 8. The van der Waals surface area contributed by atoms with E-state index in [4.69, 9.17) is 4.74 Å². The van der Waals surface area contributed by atoms with Gasteiger partial charge in [0, 0.05) is 57.3 Å². The molecule has 14 rings (SSSR count). The van der Waals surface area contributed by atoms with Crippen molar-refractivity contribution in [2.45, 2.75) is 34.6 Å². The van der Waals surface area contributed by atoms with Crippen molar-refractivity contribution in [3.63, 3.8) is 0 Å². The van der Waals surface area contributed by atoms with Gasteiger partial charge in [-0.1, -0.05) is 155 Å². The minimum absolute atomic E-state index is 0.0747. The highest BCUT2D eigenvalue weighted by Crippen LogP contribution is 2.49. The Morgan fingerprint density at radius 1 is 0.282 bits per heavy atom. The summed E-state index contributed by atoms with van der Waals surface area (Å²) in [6.45, 7) is 10.8. The standard InChI is InChI=1S/C65H49B2N3O/c1-40-16-24-49(25-17-40)68-56-30-22-43(4)32-52(56)66-54-38-55-62(39-58(54)70(51-28-20-42(3)21-29-51)60-35-47(34-59(68)64(60)66)45-12-8-6-9-13-45)71-63-37-48(46-14-10-7-11-15-46)36-61-65(63)67(55)53-33-44(5)23-31-57(53)69(61)50-26-18-41(2)19-27-50/h6-39H,1-5H3. The van der Waals surface area contributed by atoms with Crippen LogP contribution in [0.1, 0.15) is 27.8 Å². The molecule has 4 aliphatic rings. The zero-order chi connectivity index (χ0) is 47.6. The van der Waals surface area contributed by atoms with Crippen molar-refractivity contribution in [3.8, 4) is 33.8 Å². The Labute approximate surface area is 417 Å². The van der Waals surface area contributed by atoms with E-state index in [1.54, 1.807) is 0 Å². The molecule has 4 heterocycles. The SMILES string of the molecule is Cc1ccc(N2c3ccc(C)cc3B3c4cc5c(cc4Oc4cc(-c6ccccc6)cc2c43)N(c2ccc(C)cc2)c2cc(-c3ccccc3)cc3c2B5c2cc(C)ccc2N3c2ccc(C)cc2)cc1. The second kappa shape index (κ2) is 15.8. The van der Waals surface area contributed by atoms with Gasteiger partial charge in [-0.15, -0.1) is 0 Å². The molecular formula is C65H49B2N3O. The average Bonchev–Trinajstić information content (AvgIpc) is 3.39. The highest BCUT2D eigenvalue weighted by atomic mass is 16.5. The van der Waals surface area contributed by atoms with Gasteiger partial charge in [0.25, 0.3) is 13.4 Å². The van der Waals surface area contributed by atoms with Crippen molar-refractivity contribution in [1.29, 1.82) is 0 Å². The number of aryl methyl sites for hydroxylation is 5. The van der Waals surface area contributed by atoms with Gasteiger partial charge in [-0.3, -0.25) is 0 Å². The van der Waals surface area contributed by atoms with Crippen LogP contribution in [-0.4, -0.2) is 13.4 Å². The third-order valence-corrected chi connectivity index (χ3v) is 15.4. The Bertz CT molecular complexity index is 3800. The van der Waals surface area contributed by atoms with Gasteiger partial charge in [-0.05, 0) is 162 Å². The lowest BCUT2D eigenvalue weighted by molar-refractivity contribution is 0.488. The molecule has 10 aromatic rings. The molecular weight excluding hydrogens is 860 g/mol. The molecule has 336 valence electrons. The maximum Gasteiger partial charge on any atom is 0.256 e. The molecule has 0 aliphatic carbocycles. The molecule has 0 radical (unpaired) electrons. The number of hydrogen-bond acceptors (Lipinski definition) is 4. The monoisotopic (exact) mass is 909 g/mol. The predicted molar refractivity (Wildman–Crippen MR) is 301 cm³/mol. The van der Waals surface area contributed by atoms with Crippen molar-refractivity contribution >= 4 is 97.4 Å². The first kappa shape index (κ1) is 41.5. The molecule has 10 aromatic carbocycles. The summed E-state index contributed by atoms with van der Waals surface area (Å²) >= 11 is 0.